The number of hydrogen-bond acceptors (Lipinski definition) is 4. The summed E-state index contributed by atoms with van der Waals surface area (Å²) in [6, 6.07) is 3.97. The van der Waals surface area contributed by atoms with E-state index in [4.69, 9.17) is 0 Å². The molecule has 1 heterocycles. The first-order valence-electron chi connectivity index (χ1n) is 6.28. The van der Waals surface area contributed by atoms with Crippen molar-refractivity contribution in [2.75, 3.05) is 17.7 Å². The molecule has 106 valence electrons. The van der Waals surface area contributed by atoms with Crippen LogP contribution in [0.25, 0.3) is 0 Å². The molecule has 2 N–H and O–H groups in total. The van der Waals surface area contributed by atoms with Gasteiger partial charge < -0.3 is 10.6 Å². The Balaban J connectivity index is 2.46. The predicted octanol–water partition coefficient (Wildman–Crippen LogP) is 3.66. The normalized spacial score (nSPS) is 10.7. The van der Waals surface area contributed by atoms with Gasteiger partial charge in [-0.15, -0.1) is 0 Å². The SMILES string of the molecule is CNc1ncnc(Nc2cccc(F)c2F)c1C(C)C. The highest BCUT2D eigenvalue weighted by Gasteiger charge is 2.16. The van der Waals surface area contributed by atoms with Crippen LogP contribution >= 0.6 is 0 Å². The van der Waals surface area contributed by atoms with Crippen LogP contribution in [0.4, 0.5) is 26.1 Å². The van der Waals surface area contributed by atoms with E-state index in [0.717, 1.165) is 11.6 Å². The summed E-state index contributed by atoms with van der Waals surface area (Å²) < 4.78 is 26.9. The molecule has 1 aromatic carbocycles. The molecule has 0 spiro atoms. The zero-order valence-electron chi connectivity index (χ0n) is 11.5. The van der Waals surface area contributed by atoms with E-state index in [2.05, 4.69) is 20.6 Å². The summed E-state index contributed by atoms with van der Waals surface area (Å²) in [5, 5.41) is 5.80. The van der Waals surface area contributed by atoms with Gasteiger partial charge in [0.05, 0.1) is 5.69 Å². The maximum Gasteiger partial charge on any atom is 0.182 e. The van der Waals surface area contributed by atoms with Gasteiger partial charge in [0.1, 0.15) is 18.0 Å². The third-order valence-electron chi connectivity index (χ3n) is 2.90. The van der Waals surface area contributed by atoms with Gasteiger partial charge in [0.15, 0.2) is 11.6 Å². The third-order valence-corrected chi connectivity index (χ3v) is 2.90. The lowest BCUT2D eigenvalue weighted by atomic mass is 10.0. The van der Waals surface area contributed by atoms with Crippen molar-refractivity contribution in [2.24, 2.45) is 0 Å². The number of nitrogens with zero attached hydrogens (tertiary/aromatic N) is 2. The van der Waals surface area contributed by atoms with Gasteiger partial charge in [-0.25, -0.2) is 18.7 Å². The number of hydrogen-bond donors (Lipinski definition) is 2. The van der Waals surface area contributed by atoms with Crippen molar-refractivity contribution in [1.82, 2.24) is 9.97 Å². The molecule has 0 aliphatic rings. The molecule has 2 rings (SSSR count). The highest BCUT2D eigenvalue weighted by Crippen LogP contribution is 2.31. The number of aromatic nitrogens is 2. The Bertz CT molecular complexity index is 614. The average Bonchev–Trinajstić information content (AvgIpc) is 2.43. The lowest BCUT2D eigenvalue weighted by Crippen LogP contribution is -2.07. The van der Waals surface area contributed by atoms with Crippen LogP contribution < -0.4 is 10.6 Å². The monoisotopic (exact) mass is 278 g/mol. The number of anilines is 3. The van der Waals surface area contributed by atoms with Crippen LogP contribution in [-0.2, 0) is 0 Å². The maximum absolute atomic E-state index is 13.7. The molecule has 20 heavy (non-hydrogen) atoms. The topological polar surface area (TPSA) is 49.8 Å². The van der Waals surface area contributed by atoms with Gasteiger partial charge in [0, 0.05) is 12.6 Å². The molecular formula is C14H16F2N4. The first-order chi connectivity index (χ1) is 9.54. The van der Waals surface area contributed by atoms with Gasteiger partial charge in [-0.05, 0) is 18.1 Å². The molecule has 0 saturated carbocycles. The van der Waals surface area contributed by atoms with Gasteiger partial charge in [-0.1, -0.05) is 19.9 Å². The lowest BCUT2D eigenvalue weighted by molar-refractivity contribution is 0.511. The number of benzene rings is 1. The molecule has 0 aliphatic heterocycles. The maximum atomic E-state index is 13.7. The second kappa shape index (κ2) is 5.81. The summed E-state index contributed by atoms with van der Waals surface area (Å²) in [6.07, 6.45) is 1.37. The Morgan fingerprint density at radius 1 is 1.10 bits per heavy atom. The Morgan fingerprint density at radius 3 is 2.45 bits per heavy atom. The fourth-order valence-electron chi connectivity index (χ4n) is 1.97. The van der Waals surface area contributed by atoms with Crippen molar-refractivity contribution in [1.29, 1.82) is 0 Å². The summed E-state index contributed by atoms with van der Waals surface area (Å²) in [6.45, 7) is 3.96. The zero-order chi connectivity index (χ0) is 14.7. The van der Waals surface area contributed by atoms with Crippen molar-refractivity contribution in [3.8, 4) is 0 Å². The number of rotatable bonds is 4. The molecule has 2 aromatic rings. The lowest BCUT2D eigenvalue weighted by Gasteiger charge is -2.16. The van der Waals surface area contributed by atoms with Crippen LogP contribution in [0.1, 0.15) is 25.3 Å². The summed E-state index contributed by atoms with van der Waals surface area (Å²) in [4.78, 5) is 8.25. The minimum absolute atomic E-state index is 0.0488. The molecule has 0 fully saturated rings. The van der Waals surface area contributed by atoms with Crippen molar-refractivity contribution in [3.63, 3.8) is 0 Å². The van der Waals surface area contributed by atoms with E-state index < -0.39 is 11.6 Å². The minimum Gasteiger partial charge on any atom is -0.373 e. The molecule has 0 saturated heterocycles. The molecule has 0 aliphatic carbocycles. The van der Waals surface area contributed by atoms with Crippen molar-refractivity contribution in [3.05, 3.63) is 41.7 Å². The van der Waals surface area contributed by atoms with E-state index >= 15 is 0 Å². The average molecular weight is 278 g/mol. The first-order valence-corrected chi connectivity index (χ1v) is 6.28. The Kier molecular flexibility index (Phi) is 4.12. The molecule has 0 amide bonds. The van der Waals surface area contributed by atoms with E-state index in [0.29, 0.717) is 11.6 Å². The quantitative estimate of drug-likeness (QED) is 0.896. The fourth-order valence-corrected chi connectivity index (χ4v) is 1.97. The first kappa shape index (κ1) is 14.2. The number of nitrogens with one attached hydrogen (secondary N) is 2. The molecule has 0 atom stereocenters. The van der Waals surface area contributed by atoms with Crippen LogP contribution in [0.5, 0.6) is 0 Å². The smallest absolute Gasteiger partial charge is 0.182 e. The second-order valence-electron chi connectivity index (χ2n) is 4.62. The molecule has 0 unspecified atom stereocenters. The second-order valence-corrected chi connectivity index (χ2v) is 4.62. The highest BCUT2D eigenvalue weighted by atomic mass is 19.2. The molecule has 6 heteroatoms. The van der Waals surface area contributed by atoms with Crippen molar-refractivity contribution >= 4 is 17.3 Å². The molecular weight excluding hydrogens is 262 g/mol. The van der Waals surface area contributed by atoms with Gasteiger partial charge in [0.2, 0.25) is 0 Å². The van der Waals surface area contributed by atoms with Crippen molar-refractivity contribution in [2.45, 2.75) is 19.8 Å². The minimum atomic E-state index is -0.924. The fraction of sp³-hybridized carbons (Fsp3) is 0.286. The van der Waals surface area contributed by atoms with E-state index in [1.165, 1.54) is 18.5 Å². The summed E-state index contributed by atoms with van der Waals surface area (Å²) in [5.74, 6) is -0.577. The van der Waals surface area contributed by atoms with Gasteiger partial charge in [-0.2, -0.15) is 0 Å². The molecule has 0 bridgehead atoms. The summed E-state index contributed by atoms with van der Waals surface area (Å²) in [5.41, 5.74) is 0.867. The van der Waals surface area contributed by atoms with Crippen molar-refractivity contribution < 1.29 is 8.78 Å². The van der Waals surface area contributed by atoms with Gasteiger partial charge in [0.25, 0.3) is 0 Å². The van der Waals surface area contributed by atoms with Crippen LogP contribution in [0.3, 0.4) is 0 Å². The Labute approximate surface area is 116 Å². The third kappa shape index (κ3) is 2.68. The standard InChI is InChI=1S/C14H16F2N4/c1-8(2)11-13(17-3)18-7-19-14(11)20-10-6-4-5-9(15)12(10)16/h4-8H,1-3H3,(H2,17,18,19,20). The van der Waals surface area contributed by atoms with E-state index in [1.807, 2.05) is 13.8 Å². The van der Waals surface area contributed by atoms with Crippen LogP contribution in [-0.4, -0.2) is 17.0 Å². The predicted molar refractivity (Wildman–Crippen MR) is 75.3 cm³/mol. The van der Waals surface area contributed by atoms with Crippen LogP contribution in [0, 0.1) is 11.6 Å². The van der Waals surface area contributed by atoms with Gasteiger partial charge >= 0.3 is 0 Å². The molecule has 4 nitrogen and oxygen atoms in total. The molecule has 0 radical (unpaired) electrons. The highest BCUT2D eigenvalue weighted by molar-refractivity contribution is 5.66. The van der Waals surface area contributed by atoms with Gasteiger partial charge in [-0.3, -0.25) is 0 Å². The van der Waals surface area contributed by atoms with Crippen LogP contribution in [0.2, 0.25) is 0 Å². The zero-order valence-corrected chi connectivity index (χ0v) is 11.5. The molecule has 1 aromatic heterocycles. The summed E-state index contributed by atoms with van der Waals surface area (Å²) >= 11 is 0. The largest absolute Gasteiger partial charge is 0.373 e. The van der Waals surface area contributed by atoms with E-state index in [1.54, 1.807) is 7.05 Å². The van der Waals surface area contributed by atoms with Crippen LogP contribution in [0.15, 0.2) is 24.5 Å². The summed E-state index contributed by atoms with van der Waals surface area (Å²) in [7, 11) is 1.75. The Hall–Kier alpha value is -2.24. The number of halogens is 2. The Morgan fingerprint density at radius 2 is 1.80 bits per heavy atom. The van der Waals surface area contributed by atoms with E-state index in [-0.39, 0.29) is 11.6 Å². The van der Waals surface area contributed by atoms with E-state index in [9.17, 15) is 8.78 Å².